The lowest BCUT2D eigenvalue weighted by atomic mass is 9.95. The molecule has 0 saturated heterocycles. The number of ether oxygens (including phenoxy) is 1. The Bertz CT molecular complexity index is 561. The van der Waals surface area contributed by atoms with E-state index in [-0.39, 0.29) is 5.97 Å². The molecule has 0 aliphatic heterocycles. The minimum atomic E-state index is -0.819. The van der Waals surface area contributed by atoms with E-state index in [2.05, 4.69) is 38.1 Å². The molecule has 0 fully saturated rings. The Kier molecular flexibility index (Phi) is 14.2. The van der Waals surface area contributed by atoms with Crippen LogP contribution in [0.2, 0.25) is 0 Å². The maximum absolute atomic E-state index is 11.4. The molecule has 0 aliphatic carbocycles. The third-order valence-electron chi connectivity index (χ3n) is 5.46. The molecule has 29 heavy (non-hydrogen) atoms. The number of thioether (sulfide) groups is 1. The first-order chi connectivity index (χ1) is 14.0. The van der Waals surface area contributed by atoms with E-state index in [9.17, 15) is 9.90 Å². The summed E-state index contributed by atoms with van der Waals surface area (Å²) in [6, 6.07) is 8.55. The average molecular weight is 423 g/mol. The molecular formula is C25H42O3S. The largest absolute Gasteiger partial charge is 0.469 e. The van der Waals surface area contributed by atoms with Crippen LogP contribution in [0.15, 0.2) is 24.3 Å². The molecule has 0 radical (unpaired) electrons. The zero-order chi connectivity index (χ0) is 21.4. The first-order valence-electron chi connectivity index (χ1n) is 11.5. The maximum Gasteiger partial charge on any atom is 0.306 e. The molecule has 1 aromatic carbocycles. The lowest BCUT2D eigenvalue weighted by Gasteiger charge is -2.29. The summed E-state index contributed by atoms with van der Waals surface area (Å²) in [6.45, 7) is 4.40. The van der Waals surface area contributed by atoms with E-state index in [4.69, 9.17) is 4.74 Å². The minimum absolute atomic E-state index is 0.213. The molecular weight excluding hydrogens is 380 g/mol. The summed E-state index contributed by atoms with van der Waals surface area (Å²) in [4.78, 5) is 10.6. The van der Waals surface area contributed by atoms with Crippen molar-refractivity contribution in [2.24, 2.45) is 0 Å². The van der Waals surface area contributed by atoms with E-state index >= 15 is 0 Å². The summed E-state index contributed by atoms with van der Waals surface area (Å²) in [5.74, 6) is 0.377. The quantitative estimate of drug-likeness (QED) is 0.172. The summed E-state index contributed by atoms with van der Waals surface area (Å²) in [7, 11) is 1.41. The van der Waals surface area contributed by atoms with Gasteiger partial charge in [-0.1, -0.05) is 83.1 Å². The molecule has 0 heterocycles. The third kappa shape index (κ3) is 11.7. The van der Waals surface area contributed by atoms with Gasteiger partial charge in [0, 0.05) is 12.2 Å². The molecule has 166 valence electrons. The van der Waals surface area contributed by atoms with E-state index in [0.717, 1.165) is 25.7 Å². The summed E-state index contributed by atoms with van der Waals surface area (Å²) < 4.78 is 4.74. The van der Waals surface area contributed by atoms with Crippen molar-refractivity contribution >= 4 is 17.7 Å². The standard InChI is InChI=1S/C25H42O3S/c1-4-6-8-9-10-11-12-15-22-16-13-14-17-23(22)21-25(27,19-7-5-2)29-20-18-24(26)28-3/h13-14,16-17,27H,4-12,15,18-21H2,1-3H3/t25-/m0/s1. The molecule has 4 heteroatoms. The fourth-order valence-electron chi connectivity index (χ4n) is 3.63. The highest BCUT2D eigenvalue weighted by Crippen LogP contribution is 2.34. The van der Waals surface area contributed by atoms with Crippen molar-refractivity contribution in [1.82, 2.24) is 0 Å². The Hall–Kier alpha value is -1.00. The molecule has 1 atom stereocenters. The number of unbranched alkanes of at least 4 members (excludes halogenated alkanes) is 7. The second-order valence-corrected chi connectivity index (χ2v) is 9.50. The molecule has 0 amide bonds. The van der Waals surface area contributed by atoms with Gasteiger partial charge < -0.3 is 9.84 Å². The van der Waals surface area contributed by atoms with Gasteiger partial charge in [0.15, 0.2) is 0 Å². The number of aryl methyl sites for hydroxylation is 1. The van der Waals surface area contributed by atoms with E-state index in [1.807, 2.05) is 0 Å². The summed E-state index contributed by atoms with van der Waals surface area (Å²) >= 11 is 1.51. The molecule has 0 saturated carbocycles. The van der Waals surface area contributed by atoms with Crippen LogP contribution < -0.4 is 0 Å². The number of carbonyl (C=O) groups is 1. The highest BCUT2D eigenvalue weighted by molar-refractivity contribution is 8.00. The Morgan fingerprint density at radius 1 is 0.966 bits per heavy atom. The number of aliphatic hydroxyl groups is 1. The van der Waals surface area contributed by atoms with Crippen LogP contribution >= 0.6 is 11.8 Å². The number of esters is 1. The molecule has 0 bridgehead atoms. The van der Waals surface area contributed by atoms with E-state index in [1.54, 1.807) is 0 Å². The van der Waals surface area contributed by atoms with Gasteiger partial charge in [0.05, 0.1) is 13.5 Å². The number of rotatable bonds is 17. The highest BCUT2D eigenvalue weighted by Gasteiger charge is 2.28. The highest BCUT2D eigenvalue weighted by atomic mass is 32.2. The summed E-state index contributed by atoms with van der Waals surface area (Å²) in [6.07, 6.45) is 14.1. The van der Waals surface area contributed by atoms with Gasteiger partial charge in [-0.25, -0.2) is 0 Å². The number of benzene rings is 1. The van der Waals surface area contributed by atoms with Crippen molar-refractivity contribution in [3.63, 3.8) is 0 Å². The Balaban J connectivity index is 2.62. The molecule has 0 aliphatic rings. The normalized spacial score (nSPS) is 13.2. The second kappa shape index (κ2) is 15.8. The van der Waals surface area contributed by atoms with Crippen molar-refractivity contribution in [3.8, 4) is 0 Å². The van der Waals surface area contributed by atoms with Crippen LogP contribution in [0.5, 0.6) is 0 Å². The zero-order valence-corrected chi connectivity index (χ0v) is 19.7. The lowest BCUT2D eigenvalue weighted by molar-refractivity contribution is -0.140. The van der Waals surface area contributed by atoms with Gasteiger partial charge in [-0.15, -0.1) is 11.8 Å². The van der Waals surface area contributed by atoms with Gasteiger partial charge >= 0.3 is 5.97 Å². The van der Waals surface area contributed by atoms with Crippen molar-refractivity contribution in [2.45, 2.75) is 102 Å². The van der Waals surface area contributed by atoms with Crippen LogP contribution in [0.3, 0.4) is 0 Å². The Morgan fingerprint density at radius 3 is 2.24 bits per heavy atom. The predicted molar refractivity (Wildman–Crippen MR) is 125 cm³/mol. The minimum Gasteiger partial charge on any atom is -0.469 e. The second-order valence-electron chi connectivity index (χ2n) is 8.04. The van der Waals surface area contributed by atoms with E-state index in [1.165, 1.54) is 74.9 Å². The number of methoxy groups -OCH3 is 1. The smallest absolute Gasteiger partial charge is 0.306 e. The first kappa shape index (κ1) is 26.0. The molecule has 0 spiro atoms. The molecule has 1 rings (SSSR count). The fraction of sp³-hybridized carbons (Fsp3) is 0.720. The van der Waals surface area contributed by atoms with Crippen LogP contribution in [0, 0.1) is 0 Å². The van der Waals surface area contributed by atoms with Crippen LogP contribution in [-0.4, -0.2) is 28.9 Å². The van der Waals surface area contributed by atoms with Crippen molar-refractivity contribution in [1.29, 1.82) is 0 Å². The van der Waals surface area contributed by atoms with Crippen LogP contribution in [0.1, 0.15) is 95.6 Å². The van der Waals surface area contributed by atoms with Gasteiger partial charge in [-0.05, 0) is 36.8 Å². The number of carbonyl (C=O) groups excluding carboxylic acids is 1. The summed E-state index contributed by atoms with van der Waals surface area (Å²) in [5.41, 5.74) is 2.62. The molecule has 1 aromatic rings. The molecule has 3 nitrogen and oxygen atoms in total. The van der Waals surface area contributed by atoms with E-state index in [0.29, 0.717) is 18.6 Å². The van der Waals surface area contributed by atoms with Gasteiger partial charge in [0.1, 0.15) is 4.93 Å². The van der Waals surface area contributed by atoms with Gasteiger partial charge in [-0.2, -0.15) is 0 Å². The fourth-order valence-corrected chi connectivity index (χ4v) is 4.83. The van der Waals surface area contributed by atoms with Gasteiger partial charge in [0.25, 0.3) is 0 Å². The Morgan fingerprint density at radius 2 is 1.59 bits per heavy atom. The first-order valence-corrected chi connectivity index (χ1v) is 12.5. The number of hydrogen-bond acceptors (Lipinski definition) is 4. The molecule has 0 aromatic heterocycles. The average Bonchev–Trinajstić information content (AvgIpc) is 2.72. The third-order valence-corrected chi connectivity index (χ3v) is 6.75. The number of hydrogen-bond donors (Lipinski definition) is 1. The van der Waals surface area contributed by atoms with Crippen LogP contribution in [-0.2, 0) is 22.4 Å². The van der Waals surface area contributed by atoms with Crippen LogP contribution in [0.4, 0.5) is 0 Å². The topological polar surface area (TPSA) is 46.5 Å². The SMILES string of the molecule is CCCCCCCCCc1ccccc1C[C@](O)(CCCC)SCCC(=O)OC. The van der Waals surface area contributed by atoms with Gasteiger partial charge in [-0.3, -0.25) is 4.79 Å². The predicted octanol–water partition coefficient (Wildman–Crippen LogP) is 6.70. The van der Waals surface area contributed by atoms with Crippen molar-refractivity contribution < 1.29 is 14.6 Å². The molecule has 0 unspecified atom stereocenters. The monoisotopic (exact) mass is 422 g/mol. The summed E-state index contributed by atoms with van der Waals surface area (Å²) in [5, 5.41) is 11.3. The van der Waals surface area contributed by atoms with Gasteiger partial charge in [0.2, 0.25) is 0 Å². The maximum atomic E-state index is 11.4. The zero-order valence-electron chi connectivity index (χ0n) is 18.9. The Labute approximate surface area is 183 Å². The van der Waals surface area contributed by atoms with Crippen molar-refractivity contribution in [3.05, 3.63) is 35.4 Å². The molecule has 1 N–H and O–H groups in total. The van der Waals surface area contributed by atoms with E-state index < -0.39 is 4.93 Å². The van der Waals surface area contributed by atoms with Crippen LogP contribution in [0.25, 0.3) is 0 Å². The van der Waals surface area contributed by atoms with Crippen molar-refractivity contribution in [2.75, 3.05) is 12.9 Å². The lowest BCUT2D eigenvalue weighted by Crippen LogP contribution is -2.28.